The molecular weight excluding hydrogens is 925 g/mol. The van der Waals surface area contributed by atoms with Crippen LogP contribution in [-0.4, -0.2) is 37.2 Å². The van der Waals surface area contributed by atoms with Crippen molar-refractivity contribution in [1.82, 2.24) is 0 Å². The van der Waals surface area contributed by atoms with Crippen LogP contribution in [0, 0.1) is 0 Å². The van der Waals surface area contributed by atoms with E-state index >= 15 is 0 Å². The third-order valence-corrected chi connectivity index (χ3v) is 13.6. The minimum Gasteiger partial charge on any atom is -0.462 e. The number of ether oxygens (including phenoxy) is 3. The predicted octanol–water partition coefficient (Wildman–Crippen LogP) is 21.7. The van der Waals surface area contributed by atoms with E-state index in [9.17, 15) is 14.4 Å². The molecule has 0 saturated carbocycles. The Hall–Kier alpha value is -3.67. The first-order valence-corrected chi connectivity index (χ1v) is 31.7. The largest absolute Gasteiger partial charge is 0.462 e. The molecule has 6 nitrogen and oxygen atoms in total. The van der Waals surface area contributed by atoms with Crippen LogP contribution in [-0.2, 0) is 28.6 Å². The van der Waals surface area contributed by atoms with E-state index in [-0.39, 0.29) is 31.6 Å². The van der Waals surface area contributed by atoms with Gasteiger partial charge in [-0.05, 0) is 103 Å². The van der Waals surface area contributed by atoms with E-state index in [2.05, 4.69) is 106 Å². The van der Waals surface area contributed by atoms with E-state index < -0.39 is 12.1 Å². The molecule has 0 radical (unpaired) electrons. The van der Waals surface area contributed by atoms with Gasteiger partial charge in [-0.15, -0.1) is 0 Å². The minimum absolute atomic E-state index is 0.0932. The lowest BCUT2D eigenvalue weighted by atomic mass is 10.0. The van der Waals surface area contributed by atoms with Gasteiger partial charge in [-0.1, -0.05) is 279 Å². The lowest BCUT2D eigenvalue weighted by molar-refractivity contribution is -0.166. The van der Waals surface area contributed by atoms with Crippen molar-refractivity contribution in [3.8, 4) is 0 Å². The molecule has 0 fully saturated rings. The molecule has 6 heteroatoms. The number of hydrogen-bond donors (Lipinski definition) is 0. The van der Waals surface area contributed by atoms with Crippen LogP contribution < -0.4 is 0 Å². The monoisotopic (exact) mass is 1040 g/mol. The van der Waals surface area contributed by atoms with Crippen LogP contribution in [0.25, 0.3) is 0 Å². The molecule has 0 spiro atoms. The molecule has 430 valence electrons. The first kappa shape index (κ1) is 71.3. The topological polar surface area (TPSA) is 78.9 Å². The van der Waals surface area contributed by atoms with Gasteiger partial charge in [0.25, 0.3) is 0 Å². The molecule has 0 aliphatic rings. The van der Waals surface area contributed by atoms with Gasteiger partial charge in [0.2, 0.25) is 0 Å². The molecule has 0 rings (SSSR count). The molecule has 1 atom stereocenters. The maximum Gasteiger partial charge on any atom is 0.310 e. The Bertz CT molecular complexity index is 1480. The maximum atomic E-state index is 12.8. The second kappa shape index (κ2) is 62.9. The molecule has 0 aromatic heterocycles. The number of allylic oxidation sites excluding steroid dienone is 15. The standard InChI is InChI=1S/C69H118O6/c1-4-7-10-13-16-19-22-25-28-29-30-31-32-33-34-35-36-37-38-39-42-44-47-50-53-56-59-62-68(71)74-65-66(75-69(72)63-60-57-54-51-48-45-41-27-24-21-18-15-12-9-6-3)64-73-67(70)61-58-55-52-49-46-43-40-26-23-20-17-14-11-8-5-2/h9,12,17-18,20-21,26-27,29-30,40-41,48,51,57,60,66H,4-8,10-11,13-16,19,22-25,28,31-39,42-47,49-50,52-56,58-59,61-65H2,1-3H3/b12-9-,20-17-,21-18-,30-29-,40-26-,41-27-,51-48-,60-57-. The number of carbonyl (C=O) groups is 3. The third kappa shape index (κ3) is 61.1. The fourth-order valence-electron chi connectivity index (χ4n) is 8.84. The third-order valence-electron chi connectivity index (χ3n) is 13.6. The molecular formula is C69H118O6. The van der Waals surface area contributed by atoms with Crippen molar-refractivity contribution in [2.45, 2.75) is 309 Å². The Morgan fingerprint density at radius 3 is 0.920 bits per heavy atom. The molecule has 0 amide bonds. The summed E-state index contributed by atoms with van der Waals surface area (Å²) in [6, 6.07) is 0. The SMILES string of the molecule is CC/C=C\C/C=C\C/C=C\C/C=C\C/C=C\CC(=O)OC(COC(=O)CCCCCCC/C=C\C/C=C\CCCCC)COC(=O)CCCCCCCCCCCCCCCCC/C=C\CCCCCCCCCC. The van der Waals surface area contributed by atoms with Gasteiger partial charge in [0, 0.05) is 12.8 Å². The highest BCUT2D eigenvalue weighted by atomic mass is 16.6. The Balaban J connectivity index is 4.33. The molecule has 0 N–H and O–H groups in total. The van der Waals surface area contributed by atoms with E-state index in [0.717, 1.165) is 96.3 Å². The molecule has 0 saturated heterocycles. The Morgan fingerprint density at radius 1 is 0.293 bits per heavy atom. The minimum atomic E-state index is -0.839. The van der Waals surface area contributed by atoms with Gasteiger partial charge >= 0.3 is 17.9 Å². The van der Waals surface area contributed by atoms with E-state index in [4.69, 9.17) is 14.2 Å². The quantitative estimate of drug-likeness (QED) is 0.0261. The molecule has 0 aromatic carbocycles. The molecule has 75 heavy (non-hydrogen) atoms. The second-order valence-corrected chi connectivity index (χ2v) is 20.9. The smallest absolute Gasteiger partial charge is 0.310 e. The zero-order chi connectivity index (χ0) is 54.3. The molecule has 1 unspecified atom stereocenters. The van der Waals surface area contributed by atoms with Crippen LogP contribution in [0.1, 0.15) is 303 Å². The predicted molar refractivity (Wildman–Crippen MR) is 325 cm³/mol. The van der Waals surface area contributed by atoms with Crippen molar-refractivity contribution in [2.24, 2.45) is 0 Å². The Labute approximate surface area is 464 Å². The molecule has 0 aliphatic heterocycles. The summed E-state index contributed by atoms with van der Waals surface area (Å²) in [7, 11) is 0. The van der Waals surface area contributed by atoms with Gasteiger partial charge in [-0.2, -0.15) is 0 Å². The van der Waals surface area contributed by atoms with E-state index in [0.29, 0.717) is 12.8 Å². The van der Waals surface area contributed by atoms with Crippen LogP contribution in [0.15, 0.2) is 97.2 Å². The average Bonchev–Trinajstić information content (AvgIpc) is 3.41. The lowest BCUT2D eigenvalue weighted by Crippen LogP contribution is -2.30. The van der Waals surface area contributed by atoms with E-state index in [1.54, 1.807) is 6.08 Å². The molecule has 0 aromatic rings. The normalized spacial score (nSPS) is 12.7. The van der Waals surface area contributed by atoms with Crippen LogP contribution in [0.2, 0.25) is 0 Å². The summed E-state index contributed by atoms with van der Waals surface area (Å²) in [5.74, 6) is -1.06. The van der Waals surface area contributed by atoms with Gasteiger partial charge in [0.1, 0.15) is 13.2 Å². The van der Waals surface area contributed by atoms with Crippen LogP contribution in [0.3, 0.4) is 0 Å². The number of esters is 3. The van der Waals surface area contributed by atoms with E-state index in [1.807, 2.05) is 6.08 Å². The molecule has 0 aliphatic carbocycles. The highest BCUT2D eigenvalue weighted by Gasteiger charge is 2.19. The highest BCUT2D eigenvalue weighted by Crippen LogP contribution is 2.16. The van der Waals surface area contributed by atoms with Crippen LogP contribution in [0.5, 0.6) is 0 Å². The summed E-state index contributed by atoms with van der Waals surface area (Å²) in [5.41, 5.74) is 0. The summed E-state index contributed by atoms with van der Waals surface area (Å²) in [5, 5.41) is 0. The van der Waals surface area contributed by atoms with Gasteiger partial charge in [0.15, 0.2) is 6.10 Å². The number of unbranched alkanes of at least 4 members (excludes halogenated alkanes) is 31. The summed E-state index contributed by atoms with van der Waals surface area (Å²) in [6.45, 7) is 6.43. The zero-order valence-electron chi connectivity index (χ0n) is 49.3. The van der Waals surface area contributed by atoms with Crippen molar-refractivity contribution in [2.75, 3.05) is 13.2 Å². The van der Waals surface area contributed by atoms with Gasteiger partial charge in [-0.25, -0.2) is 0 Å². The summed E-state index contributed by atoms with van der Waals surface area (Å²) in [4.78, 5) is 38.2. The van der Waals surface area contributed by atoms with Gasteiger partial charge in [-0.3, -0.25) is 14.4 Å². The van der Waals surface area contributed by atoms with Gasteiger partial charge < -0.3 is 14.2 Å². The summed E-state index contributed by atoms with van der Waals surface area (Å²) in [6.07, 6.45) is 84.5. The molecule has 0 heterocycles. The Morgan fingerprint density at radius 2 is 0.560 bits per heavy atom. The van der Waals surface area contributed by atoms with Crippen LogP contribution in [0.4, 0.5) is 0 Å². The van der Waals surface area contributed by atoms with Crippen molar-refractivity contribution >= 4 is 17.9 Å². The van der Waals surface area contributed by atoms with Crippen molar-refractivity contribution < 1.29 is 28.6 Å². The molecule has 0 bridgehead atoms. The first-order chi connectivity index (χ1) is 37.0. The first-order valence-electron chi connectivity index (χ1n) is 31.7. The fraction of sp³-hybridized carbons (Fsp3) is 0.725. The van der Waals surface area contributed by atoms with Crippen molar-refractivity contribution in [3.63, 3.8) is 0 Å². The van der Waals surface area contributed by atoms with E-state index in [1.165, 1.54) is 167 Å². The zero-order valence-corrected chi connectivity index (χ0v) is 49.3. The number of rotatable bonds is 57. The van der Waals surface area contributed by atoms with Crippen molar-refractivity contribution in [3.05, 3.63) is 97.2 Å². The maximum absolute atomic E-state index is 12.8. The Kier molecular flexibility index (Phi) is 59.8. The fourth-order valence-corrected chi connectivity index (χ4v) is 8.84. The van der Waals surface area contributed by atoms with Crippen LogP contribution >= 0.6 is 0 Å². The number of hydrogen-bond acceptors (Lipinski definition) is 6. The summed E-state index contributed by atoms with van der Waals surface area (Å²) < 4.78 is 16.8. The second-order valence-electron chi connectivity index (χ2n) is 20.9. The van der Waals surface area contributed by atoms with Crippen molar-refractivity contribution in [1.29, 1.82) is 0 Å². The summed E-state index contributed by atoms with van der Waals surface area (Å²) >= 11 is 0. The average molecular weight is 1040 g/mol. The lowest BCUT2D eigenvalue weighted by Gasteiger charge is -2.18. The van der Waals surface area contributed by atoms with Gasteiger partial charge in [0.05, 0.1) is 6.42 Å². The highest BCUT2D eigenvalue weighted by molar-refractivity contribution is 5.72. The number of carbonyl (C=O) groups excluding carboxylic acids is 3.